The minimum Gasteiger partial charge on any atom is -0.490 e. The van der Waals surface area contributed by atoms with Crippen molar-refractivity contribution in [3.63, 3.8) is 0 Å². The van der Waals surface area contributed by atoms with Crippen molar-refractivity contribution >= 4 is 28.6 Å². The molecule has 3 aromatic rings. The third-order valence-electron chi connectivity index (χ3n) is 3.54. The van der Waals surface area contributed by atoms with E-state index in [2.05, 4.69) is 10.1 Å². The molecule has 0 aliphatic carbocycles. The summed E-state index contributed by atoms with van der Waals surface area (Å²) in [6.45, 7) is 4.42. The van der Waals surface area contributed by atoms with Crippen LogP contribution < -0.4 is 4.74 Å². The number of hydrogen-bond donors (Lipinski definition) is 0. The van der Waals surface area contributed by atoms with Crippen LogP contribution in [0.3, 0.4) is 0 Å². The molecular formula is C18H18ClN3O3. The summed E-state index contributed by atoms with van der Waals surface area (Å²) in [5.41, 5.74) is 1.13. The molecule has 0 bridgehead atoms. The molecule has 0 N–H and O–H groups in total. The van der Waals surface area contributed by atoms with Gasteiger partial charge in [-0.05, 0) is 38.1 Å². The number of hydrogen-bond acceptors (Lipinski definition) is 5. The maximum Gasteiger partial charge on any atom is 0.339 e. The molecule has 0 aliphatic heterocycles. The summed E-state index contributed by atoms with van der Waals surface area (Å²) < 4.78 is 12.5. The van der Waals surface area contributed by atoms with Crippen LogP contribution in [-0.2, 0) is 4.74 Å². The molecule has 0 atom stereocenters. The van der Waals surface area contributed by atoms with Crippen LogP contribution in [0.25, 0.3) is 11.0 Å². The third-order valence-corrected chi connectivity index (χ3v) is 3.77. The summed E-state index contributed by atoms with van der Waals surface area (Å²) in [5.74, 6) is 0.189. The molecule has 25 heavy (non-hydrogen) atoms. The summed E-state index contributed by atoms with van der Waals surface area (Å²) >= 11 is 5.88. The van der Waals surface area contributed by atoms with E-state index >= 15 is 0 Å². The van der Waals surface area contributed by atoms with Gasteiger partial charge >= 0.3 is 5.97 Å². The van der Waals surface area contributed by atoms with Crippen LogP contribution in [0.5, 0.6) is 5.75 Å². The van der Waals surface area contributed by atoms with Gasteiger partial charge in [-0.3, -0.25) is 0 Å². The van der Waals surface area contributed by atoms with Gasteiger partial charge < -0.3 is 9.47 Å². The van der Waals surface area contributed by atoms with E-state index < -0.39 is 5.97 Å². The van der Waals surface area contributed by atoms with Gasteiger partial charge in [-0.15, -0.1) is 0 Å². The molecule has 0 amide bonds. The summed E-state index contributed by atoms with van der Waals surface area (Å²) in [6, 6.07) is 8.98. The van der Waals surface area contributed by atoms with E-state index in [9.17, 15) is 4.79 Å². The van der Waals surface area contributed by atoms with E-state index in [1.807, 2.05) is 18.5 Å². The Morgan fingerprint density at radius 3 is 2.84 bits per heavy atom. The molecule has 2 heterocycles. The normalized spacial score (nSPS) is 11.0. The van der Waals surface area contributed by atoms with Crippen molar-refractivity contribution < 1.29 is 14.3 Å². The van der Waals surface area contributed by atoms with Gasteiger partial charge in [-0.2, -0.15) is 5.10 Å². The van der Waals surface area contributed by atoms with Crippen LogP contribution in [0.1, 0.15) is 30.2 Å². The highest BCUT2D eigenvalue weighted by atomic mass is 35.5. The lowest BCUT2D eigenvalue weighted by atomic mass is 10.2. The van der Waals surface area contributed by atoms with Gasteiger partial charge in [0.1, 0.15) is 19.0 Å². The van der Waals surface area contributed by atoms with E-state index in [0.717, 1.165) is 11.0 Å². The second-order valence-electron chi connectivity index (χ2n) is 5.76. The fourth-order valence-corrected chi connectivity index (χ4v) is 2.54. The second-order valence-corrected chi connectivity index (χ2v) is 6.20. The molecule has 0 radical (unpaired) electrons. The van der Waals surface area contributed by atoms with Crippen molar-refractivity contribution in [1.82, 2.24) is 14.8 Å². The van der Waals surface area contributed by atoms with Gasteiger partial charge in [0.15, 0.2) is 5.65 Å². The molecule has 0 aliphatic rings. The number of carbonyl (C=O) groups is 1. The predicted molar refractivity (Wildman–Crippen MR) is 95.1 cm³/mol. The van der Waals surface area contributed by atoms with E-state index in [4.69, 9.17) is 21.1 Å². The molecule has 3 rings (SSSR count). The van der Waals surface area contributed by atoms with Gasteiger partial charge in [0.05, 0.1) is 11.8 Å². The van der Waals surface area contributed by atoms with Crippen molar-refractivity contribution in [2.45, 2.75) is 19.9 Å². The largest absolute Gasteiger partial charge is 0.490 e. The van der Waals surface area contributed by atoms with Crippen molar-refractivity contribution in [1.29, 1.82) is 0 Å². The fourth-order valence-electron chi connectivity index (χ4n) is 2.36. The van der Waals surface area contributed by atoms with Crippen molar-refractivity contribution in [3.8, 4) is 5.75 Å². The fraction of sp³-hybridized carbons (Fsp3) is 0.278. The topological polar surface area (TPSA) is 66.2 Å². The standard InChI is InChI=1S/C18H18ClN3O3/c1-12(2)22-17-13(11-21-22)8-14(10-20-17)18(23)25-7-6-24-16-5-3-4-15(19)9-16/h3-5,8-12H,6-7H2,1-2H3. The minimum atomic E-state index is -0.443. The molecule has 0 saturated heterocycles. The number of rotatable bonds is 6. The third kappa shape index (κ3) is 4.09. The van der Waals surface area contributed by atoms with Crippen molar-refractivity contribution in [2.75, 3.05) is 13.2 Å². The molecular weight excluding hydrogens is 342 g/mol. The highest BCUT2D eigenvalue weighted by Crippen LogP contribution is 2.18. The molecule has 6 nitrogen and oxygen atoms in total. The number of aromatic nitrogens is 3. The molecule has 1 aromatic carbocycles. The first-order chi connectivity index (χ1) is 12.0. The number of halogens is 1. The Morgan fingerprint density at radius 1 is 1.24 bits per heavy atom. The Morgan fingerprint density at radius 2 is 2.08 bits per heavy atom. The number of fused-ring (bicyclic) bond motifs is 1. The maximum atomic E-state index is 12.1. The van der Waals surface area contributed by atoms with Crippen molar-refractivity contribution in [2.24, 2.45) is 0 Å². The van der Waals surface area contributed by atoms with Gasteiger partial charge in [-0.25, -0.2) is 14.5 Å². The molecule has 130 valence electrons. The second kappa shape index (κ2) is 7.53. The zero-order chi connectivity index (χ0) is 17.8. The average Bonchev–Trinajstić information content (AvgIpc) is 3.02. The van der Waals surface area contributed by atoms with Gasteiger partial charge in [0.2, 0.25) is 0 Å². The Hall–Kier alpha value is -2.60. The number of pyridine rings is 1. The van der Waals surface area contributed by atoms with Crippen molar-refractivity contribution in [3.05, 3.63) is 53.3 Å². The quantitative estimate of drug-likeness (QED) is 0.493. The Bertz CT molecular complexity index is 892. The Kier molecular flexibility index (Phi) is 5.19. The van der Waals surface area contributed by atoms with E-state index in [-0.39, 0.29) is 19.3 Å². The first-order valence-corrected chi connectivity index (χ1v) is 8.31. The Labute approximate surface area is 150 Å². The van der Waals surface area contributed by atoms with Crippen LogP contribution in [0.4, 0.5) is 0 Å². The molecule has 0 unspecified atom stereocenters. The van der Waals surface area contributed by atoms with Crippen LogP contribution in [0.15, 0.2) is 42.7 Å². The summed E-state index contributed by atoms with van der Waals surface area (Å²) in [6.07, 6.45) is 3.20. The number of esters is 1. The SMILES string of the molecule is CC(C)n1ncc2cc(C(=O)OCCOc3cccc(Cl)c3)cnc21. The minimum absolute atomic E-state index is 0.134. The van der Waals surface area contributed by atoms with Crippen LogP contribution >= 0.6 is 11.6 Å². The summed E-state index contributed by atoms with van der Waals surface area (Å²) in [7, 11) is 0. The monoisotopic (exact) mass is 359 g/mol. The summed E-state index contributed by atoms with van der Waals surface area (Å²) in [5, 5.41) is 5.68. The highest BCUT2D eigenvalue weighted by Gasteiger charge is 2.12. The molecule has 0 spiro atoms. The first kappa shape index (κ1) is 17.2. The maximum absolute atomic E-state index is 12.1. The van der Waals surface area contributed by atoms with E-state index in [1.165, 1.54) is 6.20 Å². The zero-order valence-electron chi connectivity index (χ0n) is 14.0. The zero-order valence-corrected chi connectivity index (χ0v) is 14.7. The number of ether oxygens (including phenoxy) is 2. The van der Waals surface area contributed by atoms with E-state index in [0.29, 0.717) is 16.3 Å². The lowest BCUT2D eigenvalue weighted by molar-refractivity contribution is 0.0450. The van der Waals surface area contributed by atoms with E-state index in [1.54, 1.807) is 36.5 Å². The smallest absolute Gasteiger partial charge is 0.339 e. The lowest BCUT2D eigenvalue weighted by Gasteiger charge is -2.08. The molecule has 0 saturated carbocycles. The number of benzene rings is 1. The number of nitrogens with zero attached hydrogens (tertiary/aromatic N) is 3. The van der Waals surface area contributed by atoms with Crippen LogP contribution in [0.2, 0.25) is 5.02 Å². The molecule has 2 aromatic heterocycles. The summed E-state index contributed by atoms with van der Waals surface area (Å²) in [4.78, 5) is 16.5. The molecule has 7 heteroatoms. The van der Waals surface area contributed by atoms with Crippen LogP contribution in [0, 0.1) is 0 Å². The van der Waals surface area contributed by atoms with Crippen LogP contribution in [-0.4, -0.2) is 33.9 Å². The highest BCUT2D eigenvalue weighted by molar-refractivity contribution is 6.30. The number of carbonyl (C=O) groups excluding carboxylic acids is 1. The van der Waals surface area contributed by atoms with Gasteiger partial charge in [0, 0.05) is 22.6 Å². The Balaban J connectivity index is 1.57. The predicted octanol–water partition coefficient (Wildman–Crippen LogP) is 3.90. The first-order valence-electron chi connectivity index (χ1n) is 7.93. The average molecular weight is 360 g/mol. The van der Waals surface area contributed by atoms with Gasteiger partial charge in [0.25, 0.3) is 0 Å². The lowest BCUT2D eigenvalue weighted by Crippen LogP contribution is -2.12. The van der Waals surface area contributed by atoms with Gasteiger partial charge in [-0.1, -0.05) is 17.7 Å². The molecule has 0 fully saturated rings.